The van der Waals surface area contributed by atoms with Gasteiger partial charge in [-0.1, -0.05) is 5.16 Å². The average molecular weight is 298 g/mol. The van der Waals surface area contributed by atoms with Crippen LogP contribution in [0.15, 0.2) is 22.7 Å². The average Bonchev–Trinajstić information content (AvgIpc) is 2.83. The summed E-state index contributed by atoms with van der Waals surface area (Å²) in [5, 5.41) is 8.22. The van der Waals surface area contributed by atoms with E-state index >= 15 is 0 Å². The molecular weight excluding hydrogens is 281 g/mol. The normalized spacial score (nSPS) is 28.4. The maximum absolute atomic E-state index is 13.3. The molecule has 3 saturated heterocycles. The molecule has 1 aromatic heterocycles. The maximum atomic E-state index is 13.3. The smallest absolute Gasteiger partial charge is 0.177 e. The molecule has 108 valence electrons. The third kappa shape index (κ3) is 2.25. The van der Waals surface area contributed by atoms with Crippen molar-refractivity contribution in [2.75, 3.05) is 25.0 Å². The van der Waals surface area contributed by atoms with Crippen LogP contribution in [0, 0.1) is 11.7 Å². The van der Waals surface area contributed by atoms with Gasteiger partial charge in [0.2, 0.25) is 0 Å². The van der Waals surface area contributed by atoms with E-state index < -0.39 is 0 Å². The fourth-order valence-corrected chi connectivity index (χ4v) is 3.32. The molecular formula is C14H17ClFN3O. The van der Waals surface area contributed by atoms with Gasteiger partial charge in [-0.2, -0.15) is 0 Å². The van der Waals surface area contributed by atoms with Gasteiger partial charge in [-0.25, -0.2) is 4.39 Å². The van der Waals surface area contributed by atoms with Gasteiger partial charge in [0.25, 0.3) is 0 Å². The van der Waals surface area contributed by atoms with Gasteiger partial charge in [-0.15, -0.1) is 12.4 Å². The highest BCUT2D eigenvalue weighted by Gasteiger charge is 2.34. The highest BCUT2D eigenvalue weighted by Crippen LogP contribution is 2.31. The zero-order valence-corrected chi connectivity index (χ0v) is 11.8. The van der Waals surface area contributed by atoms with Crippen LogP contribution in [0.5, 0.6) is 0 Å². The summed E-state index contributed by atoms with van der Waals surface area (Å²) in [6, 6.07) is 4.90. The van der Waals surface area contributed by atoms with Crippen molar-refractivity contribution in [3.8, 4) is 0 Å². The summed E-state index contributed by atoms with van der Waals surface area (Å²) in [4.78, 5) is 2.47. The Kier molecular flexibility index (Phi) is 3.56. The molecule has 6 heteroatoms. The number of benzene rings is 1. The first kappa shape index (κ1) is 13.6. The summed E-state index contributed by atoms with van der Waals surface area (Å²) < 4.78 is 18.6. The zero-order chi connectivity index (χ0) is 12.8. The van der Waals surface area contributed by atoms with Crippen molar-refractivity contribution in [3.63, 3.8) is 0 Å². The van der Waals surface area contributed by atoms with Gasteiger partial charge in [0.1, 0.15) is 5.82 Å². The van der Waals surface area contributed by atoms with Crippen molar-refractivity contribution < 1.29 is 8.91 Å². The van der Waals surface area contributed by atoms with Crippen LogP contribution in [-0.4, -0.2) is 35.7 Å². The molecule has 3 aliphatic heterocycles. The van der Waals surface area contributed by atoms with Crippen LogP contribution < -0.4 is 5.32 Å². The third-order valence-corrected chi connectivity index (χ3v) is 4.41. The first-order chi connectivity index (χ1) is 9.29. The molecule has 4 heterocycles. The van der Waals surface area contributed by atoms with E-state index in [-0.39, 0.29) is 18.2 Å². The number of rotatable bonds is 2. The highest BCUT2D eigenvalue weighted by atomic mass is 35.5. The maximum Gasteiger partial charge on any atom is 0.177 e. The third-order valence-electron chi connectivity index (χ3n) is 4.41. The number of piperidine rings is 3. The molecule has 3 fully saturated rings. The number of hydrogen-bond acceptors (Lipinski definition) is 4. The first-order valence-corrected chi connectivity index (χ1v) is 6.83. The topological polar surface area (TPSA) is 41.3 Å². The number of fused-ring (bicyclic) bond motifs is 4. The van der Waals surface area contributed by atoms with E-state index in [1.165, 1.54) is 38.1 Å². The van der Waals surface area contributed by atoms with Gasteiger partial charge in [-0.05, 0) is 50.0 Å². The Labute approximate surface area is 122 Å². The van der Waals surface area contributed by atoms with Gasteiger partial charge in [0.15, 0.2) is 11.4 Å². The van der Waals surface area contributed by atoms with Crippen LogP contribution in [0.4, 0.5) is 10.2 Å². The molecule has 0 amide bonds. The van der Waals surface area contributed by atoms with E-state index in [0.29, 0.717) is 23.4 Å². The van der Waals surface area contributed by atoms with Crippen LogP contribution in [0.25, 0.3) is 11.0 Å². The number of aromatic nitrogens is 1. The number of nitrogens with one attached hydrogen (secondary N) is 1. The minimum Gasteiger partial charge on any atom is -0.362 e. The minimum absolute atomic E-state index is 0. The number of anilines is 1. The van der Waals surface area contributed by atoms with Crippen molar-refractivity contribution in [1.82, 2.24) is 10.1 Å². The molecule has 1 aromatic carbocycles. The van der Waals surface area contributed by atoms with E-state index in [0.717, 1.165) is 11.9 Å². The Morgan fingerprint density at radius 1 is 1.30 bits per heavy atom. The Hall–Kier alpha value is -1.33. The standard InChI is InChI=1S/C14H16FN3O.ClH/c15-10-1-2-13-11(7-10)14(17-19-13)16-12-8-18-5-3-9(12)4-6-18;/h1-2,7,9,12H,3-6,8H2,(H,16,17);1H/t12-;/m0./s1. The van der Waals surface area contributed by atoms with Crippen molar-refractivity contribution >= 4 is 29.2 Å². The predicted octanol–water partition coefficient (Wildman–Crippen LogP) is 2.89. The summed E-state index contributed by atoms with van der Waals surface area (Å²) in [6.07, 6.45) is 2.48. The zero-order valence-electron chi connectivity index (χ0n) is 11.0. The molecule has 0 saturated carbocycles. The van der Waals surface area contributed by atoms with Crippen LogP contribution in [0.3, 0.4) is 0 Å². The second-order valence-electron chi connectivity index (χ2n) is 5.56. The monoisotopic (exact) mass is 297 g/mol. The molecule has 0 spiro atoms. The Bertz CT molecular complexity index is 609. The number of halogens is 2. The quantitative estimate of drug-likeness (QED) is 0.925. The Morgan fingerprint density at radius 3 is 2.80 bits per heavy atom. The lowest BCUT2D eigenvalue weighted by molar-refractivity contribution is 0.0973. The van der Waals surface area contributed by atoms with Crippen LogP contribution in [0.2, 0.25) is 0 Å². The van der Waals surface area contributed by atoms with Crippen LogP contribution in [0.1, 0.15) is 12.8 Å². The lowest BCUT2D eigenvalue weighted by Gasteiger charge is -2.44. The molecule has 2 bridgehead atoms. The number of hydrogen-bond donors (Lipinski definition) is 1. The molecule has 2 aromatic rings. The molecule has 20 heavy (non-hydrogen) atoms. The van der Waals surface area contributed by atoms with Gasteiger partial charge >= 0.3 is 0 Å². The van der Waals surface area contributed by atoms with E-state index in [9.17, 15) is 4.39 Å². The molecule has 5 rings (SSSR count). The van der Waals surface area contributed by atoms with E-state index in [2.05, 4.69) is 15.4 Å². The largest absolute Gasteiger partial charge is 0.362 e. The second kappa shape index (κ2) is 5.22. The Balaban J connectivity index is 0.00000121. The van der Waals surface area contributed by atoms with Gasteiger partial charge < -0.3 is 14.7 Å². The van der Waals surface area contributed by atoms with Gasteiger partial charge in [-0.3, -0.25) is 0 Å². The molecule has 0 radical (unpaired) electrons. The SMILES string of the molecule is Cl.Fc1ccc2onc(N[C@H]3CN4CCC3CC4)c2c1. The molecule has 1 atom stereocenters. The van der Waals surface area contributed by atoms with Crippen molar-refractivity contribution in [3.05, 3.63) is 24.0 Å². The predicted molar refractivity (Wildman–Crippen MR) is 77.8 cm³/mol. The van der Waals surface area contributed by atoms with Crippen molar-refractivity contribution in [2.45, 2.75) is 18.9 Å². The van der Waals surface area contributed by atoms with Crippen molar-refractivity contribution in [2.24, 2.45) is 5.92 Å². The molecule has 4 nitrogen and oxygen atoms in total. The fourth-order valence-electron chi connectivity index (χ4n) is 3.32. The minimum atomic E-state index is -0.257. The number of nitrogens with zero attached hydrogens (tertiary/aromatic N) is 2. The summed E-state index contributed by atoms with van der Waals surface area (Å²) in [5.41, 5.74) is 0.630. The first-order valence-electron chi connectivity index (χ1n) is 6.83. The molecule has 1 N–H and O–H groups in total. The highest BCUT2D eigenvalue weighted by molar-refractivity contribution is 5.88. The molecule has 0 unspecified atom stereocenters. The van der Waals surface area contributed by atoms with E-state index in [4.69, 9.17) is 4.52 Å². The summed E-state index contributed by atoms with van der Waals surface area (Å²) in [5.74, 6) is 1.12. The van der Waals surface area contributed by atoms with Gasteiger partial charge in [0, 0.05) is 12.6 Å². The second-order valence-corrected chi connectivity index (χ2v) is 5.56. The van der Waals surface area contributed by atoms with E-state index in [1.54, 1.807) is 6.07 Å². The molecule has 3 aliphatic rings. The fraction of sp³-hybridized carbons (Fsp3) is 0.500. The summed E-state index contributed by atoms with van der Waals surface area (Å²) in [7, 11) is 0. The molecule has 0 aliphatic carbocycles. The Morgan fingerprint density at radius 2 is 2.10 bits per heavy atom. The van der Waals surface area contributed by atoms with E-state index in [1.807, 2.05) is 0 Å². The van der Waals surface area contributed by atoms with Crippen LogP contribution >= 0.6 is 12.4 Å². The van der Waals surface area contributed by atoms with Crippen LogP contribution in [-0.2, 0) is 0 Å². The lowest BCUT2D eigenvalue weighted by atomic mass is 9.84. The lowest BCUT2D eigenvalue weighted by Crippen LogP contribution is -2.53. The van der Waals surface area contributed by atoms with Gasteiger partial charge in [0.05, 0.1) is 5.39 Å². The summed E-state index contributed by atoms with van der Waals surface area (Å²) >= 11 is 0. The summed E-state index contributed by atoms with van der Waals surface area (Å²) in [6.45, 7) is 3.46. The van der Waals surface area contributed by atoms with Crippen molar-refractivity contribution in [1.29, 1.82) is 0 Å².